The Labute approximate surface area is 119 Å². The molecule has 2 aromatic rings. The number of sulfone groups is 1. The molecule has 2 heterocycles. The number of rotatable bonds is 2. The van der Waals surface area contributed by atoms with Crippen LogP contribution in [0.3, 0.4) is 0 Å². The van der Waals surface area contributed by atoms with E-state index in [0.717, 1.165) is 0 Å². The summed E-state index contributed by atoms with van der Waals surface area (Å²) in [7, 11) is -3.67. The SMILES string of the molecule is O=C(O)c1c(-c2ccc(F)cc2)nn2c1S(=O)(=O)CCC2. The number of carboxylic acid groups (broad SMARTS) is 1. The molecule has 3 rings (SSSR count). The predicted molar refractivity (Wildman–Crippen MR) is 71.3 cm³/mol. The number of aromatic carboxylic acids is 1. The molecule has 0 radical (unpaired) electrons. The summed E-state index contributed by atoms with van der Waals surface area (Å²) in [6.07, 6.45) is 0.388. The molecule has 0 spiro atoms. The minimum atomic E-state index is -3.67. The van der Waals surface area contributed by atoms with Crippen molar-refractivity contribution in [1.82, 2.24) is 9.78 Å². The van der Waals surface area contributed by atoms with Crippen LogP contribution in [0.5, 0.6) is 0 Å². The van der Waals surface area contributed by atoms with E-state index >= 15 is 0 Å². The smallest absolute Gasteiger partial charge is 0.340 e. The zero-order valence-electron chi connectivity index (χ0n) is 10.8. The third kappa shape index (κ3) is 2.21. The molecule has 0 atom stereocenters. The van der Waals surface area contributed by atoms with Gasteiger partial charge in [-0.15, -0.1) is 0 Å². The average molecular weight is 310 g/mol. The molecule has 0 fully saturated rings. The molecule has 21 heavy (non-hydrogen) atoms. The van der Waals surface area contributed by atoms with Crippen LogP contribution in [-0.4, -0.2) is 35.0 Å². The Morgan fingerprint density at radius 3 is 2.57 bits per heavy atom. The molecule has 110 valence electrons. The van der Waals surface area contributed by atoms with Crippen LogP contribution in [-0.2, 0) is 16.4 Å². The van der Waals surface area contributed by atoms with Crippen LogP contribution in [0.2, 0.25) is 0 Å². The number of aryl methyl sites for hydroxylation is 1. The Balaban J connectivity index is 2.30. The lowest BCUT2D eigenvalue weighted by molar-refractivity contribution is 0.0692. The van der Waals surface area contributed by atoms with Crippen LogP contribution in [0, 0.1) is 5.82 Å². The molecule has 1 N–H and O–H groups in total. The second-order valence-corrected chi connectivity index (χ2v) is 6.76. The van der Waals surface area contributed by atoms with Gasteiger partial charge in [0.05, 0.1) is 5.75 Å². The zero-order valence-corrected chi connectivity index (χ0v) is 11.6. The molecule has 1 aliphatic rings. The summed E-state index contributed by atoms with van der Waals surface area (Å²) in [5, 5.41) is 13.2. The maximum absolute atomic E-state index is 13.0. The molecule has 0 bridgehead atoms. The molecule has 0 saturated carbocycles. The van der Waals surface area contributed by atoms with Crippen molar-refractivity contribution in [2.45, 2.75) is 18.0 Å². The third-order valence-corrected chi connectivity index (χ3v) is 5.15. The highest BCUT2D eigenvalue weighted by Gasteiger charge is 2.35. The van der Waals surface area contributed by atoms with Gasteiger partial charge in [0.1, 0.15) is 17.1 Å². The Morgan fingerprint density at radius 2 is 1.95 bits per heavy atom. The number of aromatic nitrogens is 2. The Morgan fingerprint density at radius 1 is 1.29 bits per heavy atom. The van der Waals surface area contributed by atoms with Gasteiger partial charge in [0.25, 0.3) is 0 Å². The average Bonchev–Trinajstić information content (AvgIpc) is 2.80. The number of carbonyl (C=O) groups is 1. The third-order valence-electron chi connectivity index (χ3n) is 3.31. The molecule has 1 aromatic heterocycles. The highest BCUT2D eigenvalue weighted by molar-refractivity contribution is 7.91. The molecule has 1 aromatic carbocycles. The minimum absolute atomic E-state index is 0.0444. The Kier molecular flexibility index (Phi) is 3.05. The molecule has 0 amide bonds. The summed E-state index contributed by atoms with van der Waals surface area (Å²) in [4.78, 5) is 11.5. The molecule has 8 heteroatoms. The molecular weight excluding hydrogens is 299 g/mol. The van der Waals surface area contributed by atoms with E-state index in [4.69, 9.17) is 0 Å². The van der Waals surface area contributed by atoms with Gasteiger partial charge in [0.15, 0.2) is 14.9 Å². The van der Waals surface area contributed by atoms with Gasteiger partial charge in [-0.2, -0.15) is 5.10 Å². The lowest BCUT2D eigenvalue weighted by Crippen LogP contribution is -2.23. The standard InChI is InChI=1S/C13H11FN2O4S/c14-9-4-2-8(3-5-9)11-10(13(17)18)12-16(15-11)6-1-7-21(12,19)20/h2-5H,1,6-7H2,(H,17,18). The normalized spacial score (nSPS) is 16.4. The fraction of sp³-hybridized carbons (Fsp3) is 0.231. The van der Waals surface area contributed by atoms with Gasteiger partial charge in [0.2, 0.25) is 0 Å². The van der Waals surface area contributed by atoms with Gasteiger partial charge >= 0.3 is 5.97 Å². The lowest BCUT2D eigenvalue weighted by atomic mass is 10.1. The summed E-state index contributed by atoms with van der Waals surface area (Å²) in [6.45, 7) is 0.343. The van der Waals surface area contributed by atoms with Crippen LogP contribution in [0.25, 0.3) is 11.3 Å². The van der Waals surface area contributed by atoms with Crippen molar-refractivity contribution in [3.8, 4) is 11.3 Å². The Bertz CT molecular complexity index is 825. The summed E-state index contributed by atoms with van der Waals surface area (Å²) in [6, 6.07) is 5.10. The molecular formula is C13H11FN2O4S. The van der Waals surface area contributed by atoms with Crippen molar-refractivity contribution in [2.24, 2.45) is 0 Å². The van der Waals surface area contributed by atoms with Crippen LogP contribution >= 0.6 is 0 Å². The first-order chi connectivity index (χ1) is 9.90. The summed E-state index contributed by atoms with van der Waals surface area (Å²) >= 11 is 0. The molecule has 0 aliphatic carbocycles. The maximum atomic E-state index is 13.0. The van der Waals surface area contributed by atoms with Crippen LogP contribution in [0.4, 0.5) is 4.39 Å². The van der Waals surface area contributed by atoms with E-state index in [1.807, 2.05) is 0 Å². The van der Waals surface area contributed by atoms with Gasteiger partial charge in [-0.25, -0.2) is 17.6 Å². The number of fused-ring (bicyclic) bond motifs is 1. The quantitative estimate of drug-likeness (QED) is 0.909. The number of hydrogen-bond donors (Lipinski definition) is 1. The van der Waals surface area contributed by atoms with Crippen molar-refractivity contribution in [2.75, 3.05) is 5.75 Å². The fourth-order valence-electron chi connectivity index (χ4n) is 2.42. The van der Waals surface area contributed by atoms with Crippen molar-refractivity contribution in [3.63, 3.8) is 0 Å². The van der Waals surface area contributed by atoms with Crippen molar-refractivity contribution >= 4 is 15.8 Å². The van der Waals surface area contributed by atoms with E-state index < -0.39 is 21.6 Å². The summed E-state index contributed by atoms with van der Waals surface area (Å²) in [5.41, 5.74) is 0.0650. The van der Waals surface area contributed by atoms with Gasteiger partial charge < -0.3 is 5.11 Å². The first-order valence-corrected chi connectivity index (χ1v) is 7.88. The molecule has 6 nitrogen and oxygen atoms in total. The number of nitrogens with zero attached hydrogens (tertiary/aromatic N) is 2. The number of hydrogen-bond acceptors (Lipinski definition) is 4. The summed E-state index contributed by atoms with van der Waals surface area (Å²) in [5.74, 6) is -1.92. The molecule has 1 aliphatic heterocycles. The van der Waals surface area contributed by atoms with E-state index in [-0.39, 0.29) is 22.0 Å². The highest BCUT2D eigenvalue weighted by Crippen LogP contribution is 2.31. The largest absolute Gasteiger partial charge is 0.478 e. The van der Waals surface area contributed by atoms with E-state index in [1.54, 1.807) is 0 Å². The van der Waals surface area contributed by atoms with Gasteiger partial charge in [-0.1, -0.05) is 0 Å². The topological polar surface area (TPSA) is 89.3 Å². The number of carboxylic acids is 1. The van der Waals surface area contributed by atoms with Crippen molar-refractivity contribution < 1.29 is 22.7 Å². The second-order valence-electron chi connectivity index (χ2n) is 4.74. The Hall–Kier alpha value is -2.22. The van der Waals surface area contributed by atoms with Crippen molar-refractivity contribution in [1.29, 1.82) is 0 Å². The second kappa shape index (κ2) is 4.66. The maximum Gasteiger partial charge on any atom is 0.340 e. The van der Waals surface area contributed by atoms with Gasteiger partial charge in [-0.05, 0) is 30.7 Å². The van der Waals surface area contributed by atoms with Crippen LogP contribution in [0.1, 0.15) is 16.8 Å². The predicted octanol–water partition coefficient (Wildman–Crippen LogP) is 1.56. The molecule has 0 saturated heterocycles. The van der Waals surface area contributed by atoms with E-state index in [0.29, 0.717) is 18.5 Å². The summed E-state index contributed by atoms with van der Waals surface area (Å²) < 4.78 is 38.4. The number of benzene rings is 1. The van der Waals surface area contributed by atoms with Gasteiger partial charge in [0, 0.05) is 12.1 Å². The van der Waals surface area contributed by atoms with Crippen LogP contribution < -0.4 is 0 Å². The van der Waals surface area contributed by atoms with Crippen LogP contribution in [0.15, 0.2) is 29.3 Å². The zero-order chi connectivity index (χ0) is 15.2. The minimum Gasteiger partial charge on any atom is -0.478 e. The lowest BCUT2D eigenvalue weighted by Gasteiger charge is -2.13. The first-order valence-electron chi connectivity index (χ1n) is 6.23. The monoisotopic (exact) mass is 310 g/mol. The van der Waals surface area contributed by atoms with E-state index in [9.17, 15) is 22.7 Å². The first kappa shape index (κ1) is 13.7. The van der Waals surface area contributed by atoms with E-state index in [2.05, 4.69) is 5.10 Å². The molecule has 0 unspecified atom stereocenters. The van der Waals surface area contributed by atoms with Gasteiger partial charge in [-0.3, -0.25) is 4.68 Å². The van der Waals surface area contributed by atoms with E-state index in [1.165, 1.54) is 28.9 Å². The fourth-order valence-corrected chi connectivity index (χ4v) is 4.07. The number of halogens is 1. The van der Waals surface area contributed by atoms with Crippen molar-refractivity contribution in [3.05, 3.63) is 35.6 Å². The highest BCUT2D eigenvalue weighted by atomic mass is 32.2.